The molecule has 0 spiro atoms. The van der Waals surface area contributed by atoms with Crippen molar-refractivity contribution in [2.75, 3.05) is 7.11 Å². The van der Waals surface area contributed by atoms with E-state index in [1.54, 1.807) is 18.2 Å². The average molecular weight is 238 g/mol. The molecule has 1 aliphatic carbocycles. The molecule has 0 fully saturated rings. The molecule has 0 aliphatic heterocycles. The molecule has 3 nitrogen and oxygen atoms in total. The Morgan fingerprint density at radius 1 is 0.944 bits per heavy atom. The molecule has 2 aromatic rings. The van der Waals surface area contributed by atoms with Gasteiger partial charge in [0, 0.05) is 11.1 Å². The molecule has 0 radical (unpaired) electrons. The lowest BCUT2D eigenvalue weighted by Crippen LogP contribution is -2.08. The summed E-state index contributed by atoms with van der Waals surface area (Å²) in [6.45, 7) is 0. The van der Waals surface area contributed by atoms with Gasteiger partial charge in [-0.1, -0.05) is 36.4 Å². The van der Waals surface area contributed by atoms with Gasteiger partial charge in [0.05, 0.1) is 12.7 Å². The van der Waals surface area contributed by atoms with Gasteiger partial charge in [-0.05, 0) is 17.2 Å². The Balaban J connectivity index is 2.31. The minimum Gasteiger partial charge on any atom is -0.465 e. The van der Waals surface area contributed by atoms with Crippen LogP contribution in [-0.2, 0) is 4.74 Å². The van der Waals surface area contributed by atoms with Crippen LogP contribution in [0.2, 0.25) is 0 Å². The number of fused-ring (bicyclic) bond motifs is 3. The molecule has 0 amide bonds. The number of hydrogen-bond donors (Lipinski definition) is 0. The Morgan fingerprint density at radius 3 is 2.33 bits per heavy atom. The normalized spacial score (nSPS) is 11.9. The van der Waals surface area contributed by atoms with Crippen LogP contribution in [0.4, 0.5) is 0 Å². The molecule has 88 valence electrons. The van der Waals surface area contributed by atoms with E-state index in [9.17, 15) is 9.59 Å². The van der Waals surface area contributed by atoms with Crippen LogP contribution in [0.25, 0.3) is 11.1 Å². The highest BCUT2D eigenvalue weighted by Crippen LogP contribution is 2.38. The zero-order chi connectivity index (χ0) is 12.7. The van der Waals surface area contributed by atoms with E-state index in [-0.39, 0.29) is 5.78 Å². The molecular weight excluding hydrogens is 228 g/mol. The quantitative estimate of drug-likeness (QED) is 0.612. The highest BCUT2D eigenvalue weighted by Gasteiger charge is 2.30. The largest absolute Gasteiger partial charge is 0.465 e. The molecule has 0 saturated carbocycles. The van der Waals surface area contributed by atoms with Gasteiger partial charge in [0.1, 0.15) is 0 Å². The van der Waals surface area contributed by atoms with Crippen LogP contribution in [-0.4, -0.2) is 18.9 Å². The zero-order valence-corrected chi connectivity index (χ0v) is 9.77. The second-order valence-corrected chi connectivity index (χ2v) is 4.09. The topological polar surface area (TPSA) is 43.4 Å². The van der Waals surface area contributed by atoms with E-state index >= 15 is 0 Å². The van der Waals surface area contributed by atoms with Gasteiger partial charge in [0.2, 0.25) is 0 Å². The first-order chi connectivity index (χ1) is 8.74. The predicted octanol–water partition coefficient (Wildman–Crippen LogP) is 2.68. The van der Waals surface area contributed by atoms with Crippen molar-refractivity contribution in [1.82, 2.24) is 0 Å². The van der Waals surface area contributed by atoms with E-state index in [4.69, 9.17) is 4.74 Å². The standard InChI is InChI=1S/C15H10O3/c1-18-15(17)12-8-4-7-10-9-5-2-3-6-11(9)14(16)13(10)12/h2-8H,1H3. The van der Waals surface area contributed by atoms with Crippen molar-refractivity contribution in [2.24, 2.45) is 0 Å². The lowest BCUT2D eigenvalue weighted by Gasteiger charge is -2.04. The molecular formula is C15H10O3. The zero-order valence-electron chi connectivity index (χ0n) is 9.77. The van der Waals surface area contributed by atoms with Gasteiger partial charge < -0.3 is 4.74 Å². The number of esters is 1. The number of ether oxygens (including phenoxy) is 1. The summed E-state index contributed by atoms with van der Waals surface area (Å²) in [5.41, 5.74) is 3.10. The summed E-state index contributed by atoms with van der Waals surface area (Å²) in [7, 11) is 1.31. The third kappa shape index (κ3) is 1.31. The fourth-order valence-corrected chi connectivity index (χ4v) is 2.35. The molecule has 0 atom stereocenters. The Labute approximate surface area is 104 Å². The van der Waals surface area contributed by atoms with Crippen LogP contribution in [0.3, 0.4) is 0 Å². The van der Waals surface area contributed by atoms with Gasteiger partial charge >= 0.3 is 5.97 Å². The molecule has 2 aromatic carbocycles. The average Bonchev–Trinajstić information content (AvgIpc) is 2.72. The molecule has 0 unspecified atom stereocenters. The minimum atomic E-state index is -0.479. The third-order valence-electron chi connectivity index (χ3n) is 3.16. The highest BCUT2D eigenvalue weighted by molar-refractivity contribution is 6.25. The number of carbonyl (C=O) groups excluding carboxylic acids is 2. The second kappa shape index (κ2) is 3.81. The summed E-state index contributed by atoms with van der Waals surface area (Å²) in [6, 6.07) is 12.6. The summed E-state index contributed by atoms with van der Waals surface area (Å²) < 4.78 is 4.72. The first-order valence-electron chi connectivity index (χ1n) is 5.59. The number of hydrogen-bond acceptors (Lipinski definition) is 3. The molecule has 0 heterocycles. The summed E-state index contributed by atoms with van der Waals surface area (Å²) in [5, 5.41) is 0. The molecule has 0 saturated heterocycles. The van der Waals surface area contributed by atoms with E-state index < -0.39 is 5.97 Å². The van der Waals surface area contributed by atoms with E-state index in [2.05, 4.69) is 0 Å². The van der Waals surface area contributed by atoms with Crippen LogP contribution >= 0.6 is 0 Å². The summed E-state index contributed by atoms with van der Waals surface area (Å²) >= 11 is 0. The van der Waals surface area contributed by atoms with Gasteiger partial charge in [-0.25, -0.2) is 4.79 Å². The molecule has 3 heteroatoms. The molecule has 18 heavy (non-hydrogen) atoms. The fourth-order valence-electron chi connectivity index (χ4n) is 2.35. The van der Waals surface area contributed by atoms with E-state index in [0.29, 0.717) is 16.7 Å². The summed E-state index contributed by atoms with van der Waals surface area (Å²) in [4.78, 5) is 24.0. The lowest BCUT2D eigenvalue weighted by atomic mass is 10.0. The van der Waals surface area contributed by atoms with E-state index in [1.807, 2.05) is 24.3 Å². The maximum atomic E-state index is 12.3. The molecule has 0 bridgehead atoms. The first-order valence-corrected chi connectivity index (χ1v) is 5.59. The Hall–Kier alpha value is -2.42. The fraction of sp³-hybridized carbons (Fsp3) is 0.0667. The molecule has 3 rings (SSSR count). The number of rotatable bonds is 1. The SMILES string of the molecule is COC(=O)c1cccc2c1C(=O)c1ccccc1-2. The number of carbonyl (C=O) groups is 2. The summed E-state index contributed by atoms with van der Waals surface area (Å²) in [6.07, 6.45) is 0. The summed E-state index contributed by atoms with van der Waals surface area (Å²) in [5.74, 6) is -0.588. The van der Waals surface area contributed by atoms with Crippen LogP contribution in [0.5, 0.6) is 0 Å². The van der Waals surface area contributed by atoms with Crippen LogP contribution in [0.1, 0.15) is 26.3 Å². The third-order valence-corrected chi connectivity index (χ3v) is 3.16. The van der Waals surface area contributed by atoms with Crippen molar-refractivity contribution in [3.8, 4) is 11.1 Å². The van der Waals surface area contributed by atoms with Crippen molar-refractivity contribution in [3.63, 3.8) is 0 Å². The van der Waals surface area contributed by atoms with Gasteiger partial charge in [-0.15, -0.1) is 0 Å². The van der Waals surface area contributed by atoms with Gasteiger partial charge in [0.25, 0.3) is 0 Å². The van der Waals surface area contributed by atoms with E-state index in [0.717, 1.165) is 11.1 Å². The van der Waals surface area contributed by atoms with Crippen LogP contribution in [0, 0.1) is 0 Å². The number of methoxy groups -OCH3 is 1. The Morgan fingerprint density at radius 2 is 1.61 bits per heavy atom. The highest BCUT2D eigenvalue weighted by atomic mass is 16.5. The van der Waals surface area contributed by atoms with Crippen LogP contribution in [0.15, 0.2) is 42.5 Å². The van der Waals surface area contributed by atoms with Gasteiger partial charge in [0.15, 0.2) is 5.78 Å². The monoisotopic (exact) mass is 238 g/mol. The predicted molar refractivity (Wildman–Crippen MR) is 66.7 cm³/mol. The van der Waals surface area contributed by atoms with Crippen molar-refractivity contribution < 1.29 is 14.3 Å². The Bertz CT molecular complexity index is 671. The van der Waals surface area contributed by atoms with Crippen molar-refractivity contribution in [2.45, 2.75) is 0 Å². The van der Waals surface area contributed by atoms with Crippen molar-refractivity contribution in [1.29, 1.82) is 0 Å². The number of benzene rings is 2. The minimum absolute atomic E-state index is 0.110. The second-order valence-electron chi connectivity index (χ2n) is 4.09. The van der Waals surface area contributed by atoms with Gasteiger partial charge in [-0.3, -0.25) is 4.79 Å². The van der Waals surface area contributed by atoms with Crippen molar-refractivity contribution in [3.05, 3.63) is 59.2 Å². The number of ketones is 1. The Kier molecular flexibility index (Phi) is 2.27. The maximum absolute atomic E-state index is 12.3. The molecule has 0 N–H and O–H groups in total. The molecule has 1 aliphatic rings. The molecule has 0 aromatic heterocycles. The van der Waals surface area contributed by atoms with E-state index in [1.165, 1.54) is 7.11 Å². The van der Waals surface area contributed by atoms with Crippen molar-refractivity contribution >= 4 is 11.8 Å². The van der Waals surface area contributed by atoms with Crippen LogP contribution < -0.4 is 0 Å². The lowest BCUT2D eigenvalue weighted by molar-refractivity contribution is 0.0598. The van der Waals surface area contributed by atoms with Gasteiger partial charge in [-0.2, -0.15) is 0 Å². The first kappa shape index (κ1) is 10.7. The smallest absolute Gasteiger partial charge is 0.338 e. The maximum Gasteiger partial charge on any atom is 0.338 e.